The van der Waals surface area contributed by atoms with Crippen LogP contribution in [0.4, 0.5) is 8.78 Å². The van der Waals surface area contributed by atoms with Gasteiger partial charge in [0.2, 0.25) is 0 Å². The highest BCUT2D eigenvalue weighted by Crippen LogP contribution is 2.45. The van der Waals surface area contributed by atoms with E-state index in [2.05, 4.69) is 0 Å². The smallest absolute Gasteiger partial charge is 0.159 e. The van der Waals surface area contributed by atoms with Gasteiger partial charge in [-0.2, -0.15) is 0 Å². The standard InChI is InChI=1S/C11H13F2NO/c12-9-4-3-8(5-10(9)13)11(15,6-14)7-1-2-7/h3-5,7,15H,1-2,6,14H2. The highest BCUT2D eigenvalue weighted by Gasteiger charge is 2.44. The van der Waals surface area contributed by atoms with E-state index in [0.29, 0.717) is 5.56 Å². The minimum absolute atomic E-state index is 0.0305. The predicted molar refractivity (Wildman–Crippen MR) is 52.0 cm³/mol. The Bertz CT molecular complexity index is 379. The summed E-state index contributed by atoms with van der Waals surface area (Å²) < 4.78 is 25.7. The Morgan fingerprint density at radius 3 is 2.47 bits per heavy atom. The number of hydrogen-bond acceptors (Lipinski definition) is 2. The molecule has 1 aromatic rings. The summed E-state index contributed by atoms with van der Waals surface area (Å²) in [6.07, 6.45) is 1.76. The van der Waals surface area contributed by atoms with Gasteiger partial charge in [0.25, 0.3) is 0 Å². The third-order valence-electron chi connectivity index (χ3n) is 2.98. The lowest BCUT2D eigenvalue weighted by Crippen LogP contribution is -2.37. The molecule has 0 aromatic heterocycles. The molecular weight excluding hydrogens is 200 g/mol. The molecule has 1 aliphatic rings. The van der Waals surface area contributed by atoms with E-state index in [1.807, 2.05) is 0 Å². The number of aliphatic hydroxyl groups is 1. The molecule has 2 rings (SSSR count). The van der Waals surface area contributed by atoms with Crippen molar-refractivity contribution < 1.29 is 13.9 Å². The largest absolute Gasteiger partial charge is 0.384 e. The zero-order valence-corrected chi connectivity index (χ0v) is 8.21. The van der Waals surface area contributed by atoms with Crippen molar-refractivity contribution in [1.82, 2.24) is 0 Å². The van der Waals surface area contributed by atoms with Crippen molar-refractivity contribution >= 4 is 0 Å². The van der Waals surface area contributed by atoms with Gasteiger partial charge in [0, 0.05) is 6.54 Å². The number of rotatable bonds is 3. The van der Waals surface area contributed by atoms with E-state index < -0.39 is 17.2 Å². The average Bonchev–Trinajstić information content (AvgIpc) is 3.04. The molecule has 1 atom stereocenters. The summed E-state index contributed by atoms with van der Waals surface area (Å²) >= 11 is 0. The van der Waals surface area contributed by atoms with E-state index in [9.17, 15) is 13.9 Å². The predicted octanol–water partition coefficient (Wildman–Crippen LogP) is 1.52. The van der Waals surface area contributed by atoms with Gasteiger partial charge in [0.1, 0.15) is 5.60 Å². The molecule has 3 N–H and O–H groups in total. The maximum atomic E-state index is 13.0. The van der Waals surface area contributed by atoms with E-state index in [1.54, 1.807) is 0 Å². The second-order valence-corrected chi connectivity index (χ2v) is 4.03. The van der Waals surface area contributed by atoms with Gasteiger partial charge in [-0.25, -0.2) is 8.78 Å². The molecule has 0 bridgehead atoms. The minimum Gasteiger partial charge on any atom is -0.384 e. The quantitative estimate of drug-likeness (QED) is 0.799. The molecule has 1 aromatic carbocycles. The van der Waals surface area contributed by atoms with Crippen LogP contribution in [0.25, 0.3) is 0 Å². The molecule has 82 valence electrons. The van der Waals surface area contributed by atoms with E-state index >= 15 is 0 Å². The van der Waals surface area contributed by atoms with Crippen LogP contribution in [0.3, 0.4) is 0 Å². The van der Waals surface area contributed by atoms with Crippen LogP contribution >= 0.6 is 0 Å². The van der Waals surface area contributed by atoms with Crippen LogP contribution < -0.4 is 5.73 Å². The molecule has 0 aliphatic heterocycles. The van der Waals surface area contributed by atoms with Gasteiger partial charge in [-0.05, 0) is 36.5 Å². The first-order valence-electron chi connectivity index (χ1n) is 4.96. The molecule has 0 saturated heterocycles. The molecule has 0 radical (unpaired) electrons. The van der Waals surface area contributed by atoms with E-state index in [0.717, 1.165) is 25.0 Å². The normalized spacial score (nSPS) is 20.0. The molecule has 1 fully saturated rings. The Morgan fingerprint density at radius 1 is 1.33 bits per heavy atom. The third-order valence-corrected chi connectivity index (χ3v) is 2.98. The van der Waals surface area contributed by atoms with Crippen molar-refractivity contribution in [2.75, 3.05) is 6.54 Å². The molecule has 0 spiro atoms. The summed E-state index contributed by atoms with van der Waals surface area (Å²) in [6.45, 7) is 0.0305. The minimum atomic E-state index is -1.20. The molecule has 0 heterocycles. The van der Waals surface area contributed by atoms with Gasteiger partial charge in [-0.15, -0.1) is 0 Å². The summed E-state index contributed by atoms with van der Waals surface area (Å²) in [5.41, 5.74) is 4.67. The molecule has 4 heteroatoms. The van der Waals surface area contributed by atoms with E-state index in [4.69, 9.17) is 5.73 Å². The first-order valence-corrected chi connectivity index (χ1v) is 4.96. The summed E-state index contributed by atoms with van der Waals surface area (Å²) in [4.78, 5) is 0. The zero-order chi connectivity index (χ0) is 11.1. The van der Waals surface area contributed by atoms with Crippen molar-refractivity contribution in [3.05, 3.63) is 35.4 Å². The van der Waals surface area contributed by atoms with Crippen LogP contribution in [0.5, 0.6) is 0 Å². The SMILES string of the molecule is NCC(O)(c1ccc(F)c(F)c1)C1CC1. The first kappa shape index (κ1) is 10.5. The number of halogens is 2. The topological polar surface area (TPSA) is 46.2 Å². The highest BCUT2D eigenvalue weighted by atomic mass is 19.2. The highest BCUT2D eigenvalue weighted by molar-refractivity contribution is 5.27. The zero-order valence-electron chi connectivity index (χ0n) is 8.21. The Balaban J connectivity index is 2.38. The van der Waals surface area contributed by atoms with Crippen LogP contribution in [0.2, 0.25) is 0 Å². The number of benzene rings is 1. The van der Waals surface area contributed by atoms with Crippen LogP contribution in [-0.2, 0) is 5.60 Å². The molecule has 1 unspecified atom stereocenters. The molecule has 0 amide bonds. The van der Waals surface area contributed by atoms with Crippen molar-refractivity contribution in [2.45, 2.75) is 18.4 Å². The Labute approximate surface area is 86.7 Å². The molecule has 15 heavy (non-hydrogen) atoms. The van der Waals surface area contributed by atoms with Crippen molar-refractivity contribution in [1.29, 1.82) is 0 Å². The van der Waals surface area contributed by atoms with Gasteiger partial charge >= 0.3 is 0 Å². The Kier molecular flexibility index (Phi) is 2.48. The summed E-state index contributed by atoms with van der Waals surface area (Å²) in [5, 5.41) is 10.2. The van der Waals surface area contributed by atoms with Gasteiger partial charge in [0.15, 0.2) is 11.6 Å². The maximum Gasteiger partial charge on any atom is 0.159 e. The first-order chi connectivity index (χ1) is 7.08. The van der Waals surface area contributed by atoms with Gasteiger partial charge < -0.3 is 10.8 Å². The monoisotopic (exact) mass is 213 g/mol. The van der Waals surface area contributed by atoms with E-state index in [-0.39, 0.29) is 12.5 Å². The average molecular weight is 213 g/mol. The third kappa shape index (κ3) is 1.75. The van der Waals surface area contributed by atoms with Crippen LogP contribution in [0, 0.1) is 17.6 Å². The fourth-order valence-corrected chi connectivity index (χ4v) is 1.85. The van der Waals surface area contributed by atoms with Crippen LogP contribution in [-0.4, -0.2) is 11.7 Å². The summed E-state index contributed by atoms with van der Waals surface area (Å²) in [5.74, 6) is -1.78. The lowest BCUT2D eigenvalue weighted by atomic mass is 9.89. The Hall–Kier alpha value is -1.00. The Morgan fingerprint density at radius 2 is 2.00 bits per heavy atom. The summed E-state index contributed by atoms with van der Waals surface area (Å²) in [6, 6.07) is 3.44. The van der Waals surface area contributed by atoms with E-state index in [1.165, 1.54) is 6.07 Å². The second kappa shape index (κ2) is 3.54. The molecule has 1 saturated carbocycles. The lowest BCUT2D eigenvalue weighted by Gasteiger charge is -2.27. The number of nitrogens with two attached hydrogens (primary N) is 1. The van der Waals surface area contributed by atoms with Crippen molar-refractivity contribution in [3.63, 3.8) is 0 Å². The van der Waals surface area contributed by atoms with Crippen LogP contribution in [0.1, 0.15) is 18.4 Å². The maximum absolute atomic E-state index is 13.0. The van der Waals surface area contributed by atoms with Gasteiger partial charge in [-0.3, -0.25) is 0 Å². The molecular formula is C11H13F2NO. The molecule has 2 nitrogen and oxygen atoms in total. The van der Waals surface area contributed by atoms with Crippen molar-refractivity contribution in [2.24, 2.45) is 11.7 Å². The van der Waals surface area contributed by atoms with Gasteiger partial charge in [0.05, 0.1) is 0 Å². The van der Waals surface area contributed by atoms with Crippen LogP contribution in [0.15, 0.2) is 18.2 Å². The number of hydrogen-bond donors (Lipinski definition) is 2. The summed E-state index contributed by atoms with van der Waals surface area (Å²) in [7, 11) is 0. The van der Waals surface area contributed by atoms with Crippen molar-refractivity contribution in [3.8, 4) is 0 Å². The second-order valence-electron chi connectivity index (χ2n) is 4.03. The lowest BCUT2D eigenvalue weighted by molar-refractivity contribution is 0.0218. The van der Waals surface area contributed by atoms with Gasteiger partial charge in [-0.1, -0.05) is 6.07 Å². The fraction of sp³-hybridized carbons (Fsp3) is 0.455. The molecule has 1 aliphatic carbocycles. The fourth-order valence-electron chi connectivity index (χ4n) is 1.85.